The Morgan fingerprint density at radius 1 is 1.43 bits per heavy atom. The van der Waals surface area contributed by atoms with Gasteiger partial charge in [0.05, 0.1) is 11.6 Å². The van der Waals surface area contributed by atoms with Crippen molar-refractivity contribution in [3.05, 3.63) is 11.5 Å². The van der Waals surface area contributed by atoms with Gasteiger partial charge in [0.15, 0.2) is 5.65 Å². The van der Waals surface area contributed by atoms with Crippen LogP contribution in [0.1, 0.15) is 38.3 Å². The third-order valence-corrected chi connectivity index (χ3v) is 4.07. The number of amides is 1. The monoisotopic (exact) mass is 311 g/mol. The lowest BCUT2D eigenvalue weighted by atomic mass is 10.2. The summed E-state index contributed by atoms with van der Waals surface area (Å²) in [5, 5.41) is 4.48. The Labute approximate surface area is 129 Å². The van der Waals surface area contributed by atoms with Gasteiger partial charge in [0.2, 0.25) is 5.91 Å². The van der Waals surface area contributed by atoms with Crippen LogP contribution >= 0.6 is 11.6 Å². The van der Waals surface area contributed by atoms with Gasteiger partial charge >= 0.3 is 0 Å². The van der Waals surface area contributed by atoms with Crippen molar-refractivity contribution in [2.45, 2.75) is 46.2 Å². The molecule has 0 saturated carbocycles. The summed E-state index contributed by atoms with van der Waals surface area (Å²) in [6.45, 7) is 9.18. The summed E-state index contributed by atoms with van der Waals surface area (Å²) in [7, 11) is 1.80. The number of fused-ring (bicyclic) bond motifs is 1. The number of hydrogen-bond donors (Lipinski definition) is 0. The zero-order valence-electron chi connectivity index (χ0n) is 13.2. The molecule has 2 aromatic rings. The number of alkyl halides is 1. The SMILES string of the molecule is CCN(C)C(=O)C(C)n1c(CCl)nc2c(C)nn(CC)c21. The van der Waals surface area contributed by atoms with E-state index in [1.165, 1.54) is 0 Å². The molecule has 1 atom stereocenters. The molecule has 6 nitrogen and oxygen atoms in total. The molecule has 0 aliphatic heterocycles. The Balaban J connectivity index is 2.63. The molecule has 0 saturated heterocycles. The van der Waals surface area contributed by atoms with Crippen molar-refractivity contribution in [1.82, 2.24) is 24.2 Å². The fourth-order valence-electron chi connectivity index (χ4n) is 2.54. The van der Waals surface area contributed by atoms with Crippen LogP contribution in [0.2, 0.25) is 0 Å². The first-order valence-corrected chi connectivity index (χ1v) is 7.74. The largest absolute Gasteiger partial charge is 0.344 e. The highest BCUT2D eigenvalue weighted by Crippen LogP contribution is 2.25. The summed E-state index contributed by atoms with van der Waals surface area (Å²) in [5.41, 5.74) is 2.56. The van der Waals surface area contributed by atoms with E-state index in [2.05, 4.69) is 10.1 Å². The fraction of sp³-hybridized carbons (Fsp3) is 0.643. The van der Waals surface area contributed by atoms with Crippen molar-refractivity contribution in [3.63, 3.8) is 0 Å². The normalized spacial score (nSPS) is 12.9. The number of aryl methyl sites for hydroxylation is 2. The Hall–Kier alpha value is -1.56. The second-order valence-electron chi connectivity index (χ2n) is 5.13. The van der Waals surface area contributed by atoms with Gasteiger partial charge in [-0.15, -0.1) is 11.6 Å². The van der Waals surface area contributed by atoms with Crippen molar-refractivity contribution in [2.24, 2.45) is 0 Å². The maximum Gasteiger partial charge on any atom is 0.245 e. The van der Waals surface area contributed by atoms with Gasteiger partial charge in [-0.25, -0.2) is 9.67 Å². The van der Waals surface area contributed by atoms with E-state index < -0.39 is 0 Å². The van der Waals surface area contributed by atoms with Gasteiger partial charge in [0.25, 0.3) is 0 Å². The molecule has 0 aromatic carbocycles. The summed E-state index contributed by atoms with van der Waals surface area (Å²) >= 11 is 6.03. The molecule has 0 N–H and O–H groups in total. The van der Waals surface area contributed by atoms with Crippen LogP contribution in [0.15, 0.2) is 0 Å². The molecule has 0 aliphatic carbocycles. The number of imidazole rings is 1. The number of hydrogen-bond acceptors (Lipinski definition) is 3. The minimum absolute atomic E-state index is 0.0460. The minimum Gasteiger partial charge on any atom is -0.344 e. The van der Waals surface area contributed by atoms with E-state index in [-0.39, 0.29) is 17.8 Å². The average Bonchev–Trinajstić information content (AvgIpc) is 3.02. The highest BCUT2D eigenvalue weighted by Gasteiger charge is 2.26. The topological polar surface area (TPSA) is 56.0 Å². The maximum absolute atomic E-state index is 12.5. The summed E-state index contributed by atoms with van der Waals surface area (Å²) in [5.74, 6) is 1.02. The predicted molar refractivity (Wildman–Crippen MR) is 83.5 cm³/mol. The Kier molecular flexibility index (Phi) is 4.56. The van der Waals surface area contributed by atoms with E-state index in [1.54, 1.807) is 11.9 Å². The van der Waals surface area contributed by atoms with E-state index in [0.29, 0.717) is 12.4 Å². The fourth-order valence-corrected chi connectivity index (χ4v) is 2.73. The number of aromatic nitrogens is 4. The predicted octanol–water partition coefficient (Wildman–Crippen LogP) is 2.34. The first kappa shape index (κ1) is 15.8. The Morgan fingerprint density at radius 3 is 2.62 bits per heavy atom. The number of carbonyl (C=O) groups is 1. The minimum atomic E-state index is -0.352. The van der Waals surface area contributed by atoms with E-state index in [4.69, 9.17) is 11.6 Å². The van der Waals surface area contributed by atoms with Crippen molar-refractivity contribution < 1.29 is 4.79 Å². The molecule has 116 valence electrons. The van der Waals surface area contributed by atoms with Gasteiger partial charge in [0.1, 0.15) is 17.4 Å². The highest BCUT2D eigenvalue weighted by molar-refractivity contribution is 6.16. The Bertz CT molecular complexity index is 660. The van der Waals surface area contributed by atoms with Gasteiger partial charge < -0.3 is 4.90 Å². The number of halogens is 1. The summed E-state index contributed by atoms with van der Waals surface area (Å²) in [6.07, 6.45) is 0. The molecule has 2 rings (SSSR count). The molecule has 1 amide bonds. The van der Waals surface area contributed by atoms with Gasteiger partial charge in [-0.1, -0.05) is 0 Å². The van der Waals surface area contributed by atoms with E-state index in [0.717, 1.165) is 23.4 Å². The van der Waals surface area contributed by atoms with Crippen LogP contribution < -0.4 is 0 Å². The molecule has 0 radical (unpaired) electrons. The molecule has 0 aliphatic rings. The van der Waals surface area contributed by atoms with Crippen molar-refractivity contribution in [2.75, 3.05) is 13.6 Å². The lowest BCUT2D eigenvalue weighted by Crippen LogP contribution is -2.33. The molecule has 0 spiro atoms. The van der Waals surface area contributed by atoms with Gasteiger partial charge in [0, 0.05) is 20.1 Å². The smallest absolute Gasteiger partial charge is 0.245 e. The van der Waals surface area contributed by atoms with E-state index in [9.17, 15) is 4.79 Å². The highest BCUT2D eigenvalue weighted by atomic mass is 35.5. The number of carbonyl (C=O) groups excluding carboxylic acids is 1. The van der Waals surface area contributed by atoms with Gasteiger partial charge in [-0.3, -0.25) is 9.36 Å². The first-order valence-electron chi connectivity index (χ1n) is 7.21. The molecule has 21 heavy (non-hydrogen) atoms. The molecule has 0 fully saturated rings. The quantitative estimate of drug-likeness (QED) is 0.796. The summed E-state index contributed by atoms with van der Waals surface area (Å²) in [4.78, 5) is 18.8. The first-order chi connectivity index (χ1) is 9.96. The van der Waals surface area contributed by atoms with Crippen LogP contribution in [-0.2, 0) is 17.2 Å². The van der Waals surface area contributed by atoms with Gasteiger partial charge in [-0.05, 0) is 27.7 Å². The van der Waals surface area contributed by atoms with Crippen LogP contribution in [0.4, 0.5) is 0 Å². The third-order valence-electron chi connectivity index (χ3n) is 3.83. The second kappa shape index (κ2) is 6.05. The third kappa shape index (κ3) is 2.52. The molecular weight excluding hydrogens is 290 g/mol. The van der Waals surface area contributed by atoms with Crippen LogP contribution in [0.25, 0.3) is 11.2 Å². The zero-order valence-corrected chi connectivity index (χ0v) is 14.0. The number of nitrogens with zero attached hydrogens (tertiary/aromatic N) is 5. The lowest BCUT2D eigenvalue weighted by molar-refractivity contribution is -0.132. The zero-order chi connectivity index (χ0) is 15.7. The van der Waals surface area contributed by atoms with E-state index >= 15 is 0 Å². The number of likely N-dealkylation sites (N-methyl/N-ethyl adjacent to an activating group) is 1. The van der Waals surface area contributed by atoms with Crippen molar-refractivity contribution in [3.8, 4) is 0 Å². The van der Waals surface area contributed by atoms with E-state index in [1.807, 2.05) is 36.9 Å². The Morgan fingerprint density at radius 2 is 2.10 bits per heavy atom. The van der Waals surface area contributed by atoms with Crippen LogP contribution in [0.5, 0.6) is 0 Å². The van der Waals surface area contributed by atoms with Crippen molar-refractivity contribution in [1.29, 1.82) is 0 Å². The number of rotatable bonds is 5. The molecule has 2 aromatic heterocycles. The van der Waals surface area contributed by atoms with Crippen LogP contribution in [0, 0.1) is 6.92 Å². The second-order valence-corrected chi connectivity index (χ2v) is 5.40. The molecule has 0 bridgehead atoms. The van der Waals surface area contributed by atoms with Gasteiger partial charge in [-0.2, -0.15) is 5.10 Å². The van der Waals surface area contributed by atoms with Crippen LogP contribution in [0.3, 0.4) is 0 Å². The standard InChI is InChI=1S/C14H22ClN5O/c1-6-18(5)14(21)10(4)20-11(8-15)16-12-9(3)17-19(7-2)13(12)20/h10H,6-8H2,1-5H3. The average molecular weight is 312 g/mol. The lowest BCUT2D eigenvalue weighted by Gasteiger charge is -2.22. The summed E-state index contributed by atoms with van der Waals surface area (Å²) in [6, 6.07) is -0.352. The molecule has 7 heteroatoms. The molecule has 1 unspecified atom stereocenters. The molecular formula is C14H22ClN5O. The maximum atomic E-state index is 12.5. The van der Waals surface area contributed by atoms with Crippen molar-refractivity contribution >= 4 is 28.7 Å². The van der Waals surface area contributed by atoms with Crippen LogP contribution in [-0.4, -0.2) is 43.7 Å². The molecule has 2 heterocycles. The summed E-state index contributed by atoms with van der Waals surface area (Å²) < 4.78 is 3.80.